The Morgan fingerprint density at radius 3 is 2.42 bits per heavy atom. The van der Waals surface area contributed by atoms with Crippen molar-refractivity contribution in [2.24, 2.45) is 4.99 Å². The van der Waals surface area contributed by atoms with Crippen LogP contribution < -0.4 is 0 Å². The topological polar surface area (TPSA) is 70.0 Å². The Morgan fingerprint density at radius 2 is 1.84 bits per heavy atom. The average molecular weight is 287 g/mol. The molecule has 0 N–H and O–H groups in total. The van der Waals surface area contributed by atoms with Crippen LogP contribution in [0.15, 0.2) is 4.99 Å². The highest BCUT2D eigenvalue weighted by molar-refractivity contribution is 7.86. The van der Waals surface area contributed by atoms with E-state index in [0.717, 1.165) is 19.3 Å². The van der Waals surface area contributed by atoms with Gasteiger partial charge in [-0.3, -0.25) is 0 Å². The summed E-state index contributed by atoms with van der Waals surface area (Å²) < 4.78 is 28.3. The molecule has 6 nitrogen and oxygen atoms in total. The summed E-state index contributed by atoms with van der Waals surface area (Å²) in [5.74, 6) is 0. The van der Waals surface area contributed by atoms with Gasteiger partial charge >= 0.3 is 0 Å². The van der Waals surface area contributed by atoms with Crippen molar-refractivity contribution in [2.75, 3.05) is 19.6 Å². The Bertz CT molecular complexity index is 453. The highest BCUT2D eigenvalue weighted by atomic mass is 32.2. The van der Waals surface area contributed by atoms with E-state index in [1.54, 1.807) is 14.7 Å². The maximum absolute atomic E-state index is 12.6. The predicted octanol–water partition coefficient (Wildman–Crippen LogP) is 0.906. The van der Waals surface area contributed by atoms with Crippen molar-refractivity contribution in [3.63, 3.8) is 0 Å². The van der Waals surface area contributed by atoms with E-state index >= 15 is 0 Å². The van der Waals surface area contributed by atoms with Crippen molar-refractivity contribution in [1.29, 1.82) is 0 Å². The minimum Gasteiger partial charge on any atom is -0.211 e. The number of hydrogen-bond donors (Lipinski definition) is 0. The van der Waals surface area contributed by atoms with Gasteiger partial charge in [0, 0.05) is 25.7 Å². The fourth-order valence-electron chi connectivity index (χ4n) is 2.90. The fourth-order valence-corrected chi connectivity index (χ4v) is 4.80. The lowest BCUT2D eigenvalue weighted by Crippen LogP contribution is -2.52. The molecule has 7 heteroatoms. The lowest BCUT2D eigenvalue weighted by molar-refractivity contribution is 0.221. The quantitative estimate of drug-likeness (QED) is 0.572. The zero-order valence-electron chi connectivity index (χ0n) is 11.3. The standard InChI is InChI=1S/C12H21N3O3S/c1-11-9-12(13-10-16)5-8-15(11)19(17,18)14-6-3-2-4-7-14/h11-12H,2-9H2,1H3. The largest absolute Gasteiger partial charge is 0.282 e. The van der Waals surface area contributed by atoms with E-state index in [0.29, 0.717) is 32.5 Å². The van der Waals surface area contributed by atoms with E-state index in [1.807, 2.05) is 6.92 Å². The minimum absolute atomic E-state index is 0.0831. The summed E-state index contributed by atoms with van der Waals surface area (Å²) in [6.45, 7) is 3.58. The molecule has 2 heterocycles. The normalized spacial score (nSPS) is 30.8. The molecule has 2 atom stereocenters. The number of carbonyl (C=O) groups excluding carboxylic acids is 1. The molecule has 2 unspecified atom stereocenters. The molecule has 2 saturated heterocycles. The molecule has 0 aromatic rings. The first-order valence-electron chi connectivity index (χ1n) is 6.89. The molecule has 2 aliphatic heterocycles. The summed E-state index contributed by atoms with van der Waals surface area (Å²) in [7, 11) is -3.35. The zero-order chi connectivity index (χ0) is 13.9. The monoisotopic (exact) mass is 287 g/mol. The maximum Gasteiger partial charge on any atom is 0.282 e. The molecule has 0 radical (unpaired) electrons. The molecule has 0 aromatic carbocycles. The van der Waals surface area contributed by atoms with Gasteiger partial charge < -0.3 is 0 Å². The van der Waals surface area contributed by atoms with Crippen LogP contribution in [0, 0.1) is 0 Å². The second-order valence-corrected chi connectivity index (χ2v) is 7.21. The molecular weight excluding hydrogens is 266 g/mol. The summed E-state index contributed by atoms with van der Waals surface area (Å²) >= 11 is 0. The Hall–Kier alpha value is -0.750. The second kappa shape index (κ2) is 6.13. The van der Waals surface area contributed by atoms with Gasteiger partial charge in [-0.25, -0.2) is 9.79 Å². The minimum atomic E-state index is -3.35. The van der Waals surface area contributed by atoms with Crippen LogP contribution in [-0.4, -0.2) is 54.8 Å². The van der Waals surface area contributed by atoms with Crippen LogP contribution in [0.1, 0.15) is 39.0 Å². The van der Waals surface area contributed by atoms with Gasteiger partial charge in [0.1, 0.15) is 0 Å². The van der Waals surface area contributed by atoms with E-state index in [4.69, 9.17) is 0 Å². The number of hydrogen-bond acceptors (Lipinski definition) is 4. The number of nitrogens with zero attached hydrogens (tertiary/aromatic N) is 3. The first-order chi connectivity index (χ1) is 9.05. The first kappa shape index (κ1) is 14.7. The van der Waals surface area contributed by atoms with Crippen LogP contribution in [0.4, 0.5) is 0 Å². The van der Waals surface area contributed by atoms with Crippen molar-refractivity contribution in [3.8, 4) is 0 Å². The van der Waals surface area contributed by atoms with Crippen LogP contribution >= 0.6 is 0 Å². The van der Waals surface area contributed by atoms with Crippen molar-refractivity contribution >= 4 is 16.3 Å². The Balaban J connectivity index is 2.06. The smallest absolute Gasteiger partial charge is 0.211 e. The van der Waals surface area contributed by atoms with Crippen LogP contribution in [0.5, 0.6) is 0 Å². The first-order valence-corrected chi connectivity index (χ1v) is 8.29. The molecule has 108 valence electrons. The van der Waals surface area contributed by atoms with Crippen molar-refractivity contribution < 1.29 is 13.2 Å². The molecule has 0 aliphatic carbocycles. The van der Waals surface area contributed by atoms with Crippen LogP contribution in [0.2, 0.25) is 0 Å². The van der Waals surface area contributed by atoms with Crippen LogP contribution in [0.25, 0.3) is 0 Å². The van der Waals surface area contributed by atoms with Gasteiger partial charge in [0.15, 0.2) is 0 Å². The summed E-state index contributed by atoms with van der Waals surface area (Å²) in [5.41, 5.74) is 0. The number of rotatable bonds is 3. The summed E-state index contributed by atoms with van der Waals surface area (Å²) in [5, 5.41) is 0. The average Bonchev–Trinajstić information content (AvgIpc) is 2.40. The fraction of sp³-hybridized carbons (Fsp3) is 0.917. The van der Waals surface area contributed by atoms with E-state index in [2.05, 4.69) is 4.99 Å². The van der Waals surface area contributed by atoms with Crippen LogP contribution in [0.3, 0.4) is 0 Å². The van der Waals surface area contributed by atoms with E-state index in [-0.39, 0.29) is 12.1 Å². The summed E-state index contributed by atoms with van der Waals surface area (Å²) in [6.07, 6.45) is 5.77. The third kappa shape index (κ3) is 3.23. The molecule has 0 bridgehead atoms. The molecule has 0 spiro atoms. The van der Waals surface area contributed by atoms with Crippen molar-refractivity contribution in [3.05, 3.63) is 0 Å². The van der Waals surface area contributed by atoms with Gasteiger partial charge in [0.25, 0.3) is 10.2 Å². The lowest BCUT2D eigenvalue weighted by atomic mass is 10.0. The maximum atomic E-state index is 12.6. The molecule has 2 aliphatic rings. The van der Waals surface area contributed by atoms with Crippen molar-refractivity contribution in [1.82, 2.24) is 8.61 Å². The third-order valence-electron chi connectivity index (χ3n) is 3.96. The molecule has 0 saturated carbocycles. The molecule has 19 heavy (non-hydrogen) atoms. The van der Waals surface area contributed by atoms with Crippen molar-refractivity contribution in [2.45, 2.75) is 51.1 Å². The Labute approximate surface area is 114 Å². The lowest BCUT2D eigenvalue weighted by Gasteiger charge is -2.39. The van der Waals surface area contributed by atoms with Gasteiger partial charge in [0.05, 0.1) is 6.04 Å². The van der Waals surface area contributed by atoms with E-state index in [1.165, 1.54) is 0 Å². The summed E-state index contributed by atoms with van der Waals surface area (Å²) in [6, 6.07) is -0.192. The zero-order valence-corrected chi connectivity index (χ0v) is 12.1. The Morgan fingerprint density at radius 1 is 1.16 bits per heavy atom. The number of isocyanates is 1. The molecular formula is C12H21N3O3S. The van der Waals surface area contributed by atoms with Crippen LogP contribution in [-0.2, 0) is 15.0 Å². The Kier molecular flexibility index (Phi) is 4.73. The molecule has 0 aromatic heterocycles. The second-order valence-electron chi connectivity index (χ2n) is 5.33. The summed E-state index contributed by atoms with van der Waals surface area (Å²) in [4.78, 5) is 14.0. The van der Waals surface area contributed by atoms with Gasteiger partial charge in [-0.05, 0) is 32.6 Å². The number of aliphatic imine (C=N–C) groups is 1. The predicted molar refractivity (Wildman–Crippen MR) is 71.7 cm³/mol. The van der Waals surface area contributed by atoms with Gasteiger partial charge in [-0.15, -0.1) is 0 Å². The van der Waals surface area contributed by atoms with Gasteiger partial charge in [0.2, 0.25) is 6.08 Å². The highest BCUT2D eigenvalue weighted by Gasteiger charge is 2.37. The van der Waals surface area contributed by atoms with Gasteiger partial charge in [-0.2, -0.15) is 17.0 Å². The highest BCUT2D eigenvalue weighted by Crippen LogP contribution is 2.25. The van der Waals surface area contributed by atoms with E-state index < -0.39 is 10.2 Å². The molecule has 0 amide bonds. The van der Waals surface area contributed by atoms with E-state index in [9.17, 15) is 13.2 Å². The number of piperidine rings is 2. The molecule has 2 fully saturated rings. The third-order valence-corrected chi connectivity index (χ3v) is 6.11. The van der Waals surface area contributed by atoms with Gasteiger partial charge in [-0.1, -0.05) is 6.42 Å². The SMILES string of the molecule is CC1CC(N=C=O)CCN1S(=O)(=O)N1CCCCC1. The molecule has 2 rings (SSSR count).